The summed E-state index contributed by atoms with van der Waals surface area (Å²) in [5.74, 6) is 1.99. The Hall–Kier alpha value is -3.56. The lowest BCUT2D eigenvalue weighted by Crippen LogP contribution is -2.28. The van der Waals surface area contributed by atoms with Crippen LogP contribution in [0.5, 0.6) is 0 Å². The second-order valence-corrected chi connectivity index (χ2v) is 8.13. The first-order valence-electron chi connectivity index (χ1n) is 10.0. The Kier molecular flexibility index (Phi) is 4.57. The minimum absolute atomic E-state index is 0.186. The van der Waals surface area contributed by atoms with Crippen LogP contribution in [0.15, 0.2) is 40.1 Å². The summed E-state index contributed by atoms with van der Waals surface area (Å²) >= 11 is 0. The maximum Gasteiger partial charge on any atom is 0.274 e. The number of fused-ring (bicyclic) bond motifs is 1. The summed E-state index contributed by atoms with van der Waals surface area (Å²) in [6, 6.07) is 6.68. The normalized spacial score (nSPS) is 21.8. The molecule has 2 aliphatic rings. The first-order chi connectivity index (χ1) is 15.0. The number of benzene rings is 1. The van der Waals surface area contributed by atoms with Crippen LogP contribution in [0, 0.1) is 17.7 Å². The summed E-state index contributed by atoms with van der Waals surface area (Å²) in [5, 5.41) is 4.15. The minimum atomic E-state index is -0.254. The zero-order valence-corrected chi connectivity index (χ0v) is 17.3. The summed E-state index contributed by atoms with van der Waals surface area (Å²) in [4.78, 5) is 28.8. The standard InChI is InChI=1S/C21H22FN7O2/c1-23-20-18(28(3)11-24-20)21(30)27(2)10-16-25-19(26-31-16)17-14-8-29(9-15(14)17)13-6-4-5-12(22)7-13/h4-7,11,14-15,17H,1,8-10H2,2-3H3/t14-,15+,17+. The predicted octanol–water partition coefficient (Wildman–Crippen LogP) is 2.40. The van der Waals surface area contributed by atoms with E-state index in [2.05, 4.69) is 31.7 Å². The largest absolute Gasteiger partial charge is 0.371 e. The monoisotopic (exact) mass is 423 g/mol. The third-order valence-corrected chi connectivity index (χ3v) is 6.14. The summed E-state index contributed by atoms with van der Waals surface area (Å²) < 4.78 is 20.5. The van der Waals surface area contributed by atoms with Crippen LogP contribution in [0.1, 0.15) is 28.1 Å². The van der Waals surface area contributed by atoms with E-state index in [0.29, 0.717) is 35.1 Å². The van der Waals surface area contributed by atoms with Gasteiger partial charge in [-0.2, -0.15) is 4.98 Å². The summed E-state index contributed by atoms with van der Waals surface area (Å²) in [7, 11) is 3.39. The van der Waals surface area contributed by atoms with Crippen molar-refractivity contribution in [3.8, 4) is 0 Å². The maximum absolute atomic E-state index is 13.5. The van der Waals surface area contributed by atoms with Crippen LogP contribution in [0.4, 0.5) is 15.9 Å². The van der Waals surface area contributed by atoms with Crippen molar-refractivity contribution in [2.45, 2.75) is 12.5 Å². The molecule has 5 rings (SSSR count). The van der Waals surface area contributed by atoms with Gasteiger partial charge >= 0.3 is 0 Å². The smallest absolute Gasteiger partial charge is 0.274 e. The number of amides is 1. The van der Waals surface area contributed by atoms with E-state index in [9.17, 15) is 9.18 Å². The molecule has 1 saturated carbocycles. The minimum Gasteiger partial charge on any atom is -0.371 e. The fraction of sp³-hybridized carbons (Fsp3) is 0.381. The Balaban J connectivity index is 1.21. The number of nitrogens with zero attached hydrogens (tertiary/aromatic N) is 7. The molecule has 1 aliphatic heterocycles. The zero-order valence-electron chi connectivity index (χ0n) is 17.3. The molecule has 3 atom stereocenters. The zero-order chi connectivity index (χ0) is 21.7. The van der Waals surface area contributed by atoms with Crippen LogP contribution >= 0.6 is 0 Å². The fourth-order valence-corrected chi connectivity index (χ4v) is 4.50. The van der Waals surface area contributed by atoms with Gasteiger partial charge in [0.05, 0.1) is 6.33 Å². The van der Waals surface area contributed by atoms with Crippen LogP contribution in [0.3, 0.4) is 0 Å². The molecular formula is C21H22FN7O2. The Morgan fingerprint density at radius 2 is 2.16 bits per heavy atom. The number of piperidine rings is 1. The van der Waals surface area contributed by atoms with E-state index in [1.165, 1.54) is 17.3 Å². The van der Waals surface area contributed by atoms with E-state index in [-0.39, 0.29) is 24.2 Å². The van der Waals surface area contributed by atoms with Crippen LogP contribution in [-0.2, 0) is 13.6 Å². The number of aromatic nitrogens is 4. The molecule has 2 aromatic heterocycles. The highest BCUT2D eigenvalue weighted by atomic mass is 19.1. The number of imidazole rings is 1. The van der Waals surface area contributed by atoms with Crippen molar-refractivity contribution >= 4 is 24.1 Å². The number of anilines is 1. The Morgan fingerprint density at radius 3 is 2.87 bits per heavy atom. The number of aryl methyl sites for hydroxylation is 1. The quantitative estimate of drug-likeness (QED) is 0.566. The third kappa shape index (κ3) is 3.37. The molecule has 1 amide bonds. The van der Waals surface area contributed by atoms with E-state index in [1.54, 1.807) is 30.8 Å². The first-order valence-corrected chi connectivity index (χ1v) is 10.0. The van der Waals surface area contributed by atoms with Gasteiger partial charge in [-0.3, -0.25) is 4.79 Å². The van der Waals surface area contributed by atoms with Gasteiger partial charge in [-0.25, -0.2) is 14.4 Å². The lowest BCUT2D eigenvalue weighted by Gasteiger charge is -2.21. The maximum atomic E-state index is 13.5. The van der Waals surface area contributed by atoms with Gasteiger partial charge in [0.2, 0.25) is 5.89 Å². The molecule has 10 heteroatoms. The SMILES string of the molecule is C=Nc1ncn(C)c1C(=O)N(C)Cc1nc([C@H]2[C@@H]3CN(c4cccc(F)c4)C[C@@H]32)no1. The second-order valence-electron chi connectivity index (χ2n) is 8.13. The van der Waals surface area contributed by atoms with E-state index in [1.807, 2.05) is 6.07 Å². The van der Waals surface area contributed by atoms with E-state index < -0.39 is 0 Å². The number of hydrogen-bond acceptors (Lipinski definition) is 7. The Labute approximate surface area is 178 Å². The highest BCUT2D eigenvalue weighted by Gasteiger charge is 2.58. The van der Waals surface area contributed by atoms with Gasteiger partial charge in [-0.1, -0.05) is 11.2 Å². The van der Waals surface area contributed by atoms with Gasteiger partial charge in [0.25, 0.3) is 5.91 Å². The van der Waals surface area contributed by atoms with Crippen LogP contribution in [0.25, 0.3) is 0 Å². The van der Waals surface area contributed by atoms with Gasteiger partial charge in [0.15, 0.2) is 17.3 Å². The molecule has 9 nitrogen and oxygen atoms in total. The van der Waals surface area contributed by atoms with Crippen LogP contribution < -0.4 is 4.90 Å². The number of aliphatic imine (C=N–C) groups is 1. The molecule has 1 aromatic carbocycles. The lowest BCUT2D eigenvalue weighted by atomic mass is 10.2. The average Bonchev–Trinajstić information content (AvgIpc) is 3.18. The number of carbonyl (C=O) groups is 1. The molecule has 0 spiro atoms. The summed E-state index contributed by atoms with van der Waals surface area (Å²) in [6.45, 7) is 5.34. The fourth-order valence-electron chi connectivity index (χ4n) is 4.50. The van der Waals surface area contributed by atoms with Gasteiger partial charge in [0, 0.05) is 38.8 Å². The van der Waals surface area contributed by atoms with E-state index >= 15 is 0 Å². The third-order valence-electron chi connectivity index (χ3n) is 6.14. The molecule has 0 bridgehead atoms. The molecule has 1 aliphatic carbocycles. The van der Waals surface area contributed by atoms with Gasteiger partial charge in [-0.15, -0.1) is 0 Å². The number of hydrogen-bond donors (Lipinski definition) is 0. The molecular weight excluding hydrogens is 401 g/mol. The van der Waals surface area contributed by atoms with Crippen molar-refractivity contribution in [2.24, 2.45) is 23.9 Å². The lowest BCUT2D eigenvalue weighted by molar-refractivity contribution is 0.0761. The van der Waals surface area contributed by atoms with Crippen molar-refractivity contribution in [2.75, 3.05) is 25.0 Å². The van der Waals surface area contributed by atoms with Crippen molar-refractivity contribution in [1.82, 2.24) is 24.6 Å². The topological polar surface area (TPSA) is 92.7 Å². The average molecular weight is 423 g/mol. The van der Waals surface area contributed by atoms with Gasteiger partial charge in [0.1, 0.15) is 12.4 Å². The molecule has 1 saturated heterocycles. The molecule has 160 valence electrons. The van der Waals surface area contributed by atoms with Crippen molar-refractivity contribution in [3.05, 3.63) is 53.8 Å². The van der Waals surface area contributed by atoms with Crippen LogP contribution in [-0.4, -0.2) is 57.4 Å². The highest BCUT2D eigenvalue weighted by Crippen LogP contribution is 2.57. The number of rotatable bonds is 6. The van der Waals surface area contributed by atoms with Crippen molar-refractivity contribution < 1.29 is 13.7 Å². The highest BCUT2D eigenvalue weighted by molar-refractivity contribution is 5.96. The predicted molar refractivity (Wildman–Crippen MR) is 111 cm³/mol. The first kappa shape index (κ1) is 19.4. The molecule has 3 heterocycles. The van der Waals surface area contributed by atoms with E-state index in [4.69, 9.17) is 4.52 Å². The van der Waals surface area contributed by atoms with E-state index in [0.717, 1.165) is 18.8 Å². The van der Waals surface area contributed by atoms with Crippen molar-refractivity contribution in [3.63, 3.8) is 0 Å². The molecule has 0 N–H and O–H groups in total. The van der Waals surface area contributed by atoms with Crippen molar-refractivity contribution in [1.29, 1.82) is 0 Å². The summed E-state index contributed by atoms with van der Waals surface area (Å²) in [6.07, 6.45) is 1.52. The number of halogens is 1. The molecule has 0 unspecified atom stereocenters. The van der Waals surface area contributed by atoms with Gasteiger partial charge < -0.3 is 18.9 Å². The Morgan fingerprint density at radius 1 is 1.39 bits per heavy atom. The molecule has 0 radical (unpaired) electrons. The van der Waals surface area contributed by atoms with Gasteiger partial charge in [-0.05, 0) is 36.8 Å². The summed E-state index contributed by atoms with van der Waals surface area (Å²) in [5.41, 5.74) is 1.26. The Bertz CT molecular complexity index is 1140. The number of carbonyl (C=O) groups excluding carboxylic acids is 1. The molecule has 31 heavy (non-hydrogen) atoms. The van der Waals surface area contributed by atoms with Crippen LogP contribution in [0.2, 0.25) is 0 Å². The molecule has 2 fully saturated rings. The second kappa shape index (κ2) is 7.29. The molecule has 3 aromatic rings.